The molecule has 76 valence electrons. The third kappa shape index (κ3) is 2.73. The average Bonchev–Trinajstić information content (AvgIpc) is 2.18. The number of rotatable bonds is 4. The topological polar surface area (TPSA) is 62.2 Å². The number of unbranched alkanes of at least 4 members (excludes halogenated alkanes) is 1. The van der Waals surface area contributed by atoms with Gasteiger partial charge in [-0.05, 0) is 12.5 Å². The first-order chi connectivity index (χ1) is 6.75. The Bertz CT molecular complexity index is 313. The van der Waals surface area contributed by atoms with E-state index in [0.717, 1.165) is 12.8 Å². The van der Waals surface area contributed by atoms with E-state index in [1.54, 1.807) is 0 Å². The molecule has 1 amide bonds. The third-order valence-electron chi connectivity index (χ3n) is 1.86. The second-order valence-electron chi connectivity index (χ2n) is 3.00. The molecule has 1 aromatic heterocycles. The van der Waals surface area contributed by atoms with Crippen molar-refractivity contribution in [2.24, 2.45) is 0 Å². The summed E-state index contributed by atoms with van der Waals surface area (Å²) in [4.78, 5) is 15.1. The maximum Gasteiger partial charge on any atom is 0.255 e. The number of amides is 1. The highest BCUT2D eigenvalue weighted by Crippen LogP contribution is 2.13. The summed E-state index contributed by atoms with van der Waals surface area (Å²) < 4.78 is 0. The number of nitrogens with one attached hydrogen (secondary N) is 1. The summed E-state index contributed by atoms with van der Waals surface area (Å²) in [7, 11) is 0. The lowest BCUT2D eigenvalue weighted by molar-refractivity contribution is 0.0950. The Hall–Kier alpha value is -1.58. The van der Waals surface area contributed by atoms with Crippen molar-refractivity contribution in [2.45, 2.75) is 19.8 Å². The predicted molar refractivity (Wildman–Crippen MR) is 53.1 cm³/mol. The van der Waals surface area contributed by atoms with Crippen LogP contribution in [-0.4, -0.2) is 22.5 Å². The van der Waals surface area contributed by atoms with E-state index in [1.165, 1.54) is 18.5 Å². The van der Waals surface area contributed by atoms with E-state index in [2.05, 4.69) is 17.2 Å². The van der Waals surface area contributed by atoms with Crippen LogP contribution in [0.5, 0.6) is 5.75 Å². The molecular formula is C10H14N2O2. The molecule has 14 heavy (non-hydrogen) atoms. The van der Waals surface area contributed by atoms with Crippen LogP contribution in [0.2, 0.25) is 0 Å². The van der Waals surface area contributed by atoms with Gasteiger partial charge in [-0.3, -0.25) is 9.78 Å². The van der Waals surface area contributed by atoms with E-state index in [-0.39, 0.29) is 17.2 Å². The molecule has 0 spiro atoms. The van der Waals surface area contributed by atoms with E-state index in [9.17, 15) is 9.90 Å². The van der Waals surface area contributed by atoms with Crippen molar-refractivity contribution in [3.63, 3.8) is 0 Å². The zero-order chi connectivity index (χ0) is 10.4. The molecule has 0 saturated heterocycles. The van der Waals surface area contributed by atoms with Crippen molar-refractivity contribution >= 4 is 5.91 Å². The van der Waals surface area contributed by atoms with Gasteiger partial charge < -0.3 is 10.4 Å². The fourth-order valence-electron chi connectivity index (χ4n) is 1.05. The molecule has 0 aromatic carbocycles. The molecule has 0 aliphatic rings. The Morgan fingerprint density at radius 3 is 3.07 bits per heavy atom. The van der Waals surface area contributed by atoms with Gasteiger partial charge in [0.1, 0.15) is 5.75 Å². The summed E-state index contributed by atoms with van der Waals surface area (Å²) in [6, 6.07) is 1.50. The first-order valence-corrected chi connectivity index (χ1v) is 4.67. The highest BCUT2D eigenvalue weighted by molar-refractivity contribution is 5.96. The van der Waals surface area contributed by atoms with Gasteiger partial charge in [0.15, 0.2) is 0 Å². The van der Waals surface area contributed by atoms with Gasteiger partial charge in [0, 0.05) is 12.7 Å². The van der Waals surface area contributed by atoms with Crippen LogP contribution in [0.25, 0.3) is 0 Å². The summed E-state index contributed by atoms with van der Waals surface area (Å²) in [5.41, 5.74) is 0.274. The molecule has 0 atom stereocenters. The minimum absolute atomic E-state index is 0.0819. The molecule has 1 rings (SSSR count). The normalized spacial score (nSPS) is 9.79. The highest BCUT2D eigenvalue weighted by atomic mass is 16.3. The van der Waals surface area contributed by atoms with Gasteiger partial charge in [0.25, 0.3) is 5.91 Å². The van der Waals surface area contributed by atoms with Crippen LogP contribution in [0.15, 0.2) is 18.5 Å². The fraction of sp³-hybridized carbons (Fsp3) is 0.400. The molecule has 0 aliphatic carbocycles. The second-order valence-corrected chi connectivity index (χ2v) is 3.00. The molecule has 4 heteroatoms. The van der Waals surface area contributed by atoms with Crippen LogP contribution in [0.4, 0.5) is 0 Å². The van der Waals surface area contributed by atoms with Crippen LogP contribution < -0.4 is 5.32 Å². The van der Waals surface area contributed by atoms with Gasteiger partial charge in [-0.2, -0.15) is 0 Å². The number of hydrogen-bond donors (Lipinski definition) is 2. The van der Waals surface area contributed by atoms with Gasteiger partial charge in [-0.15, -0.1) is 0 Å². The molecule has 2 N–H and O–H groups in total. The van der Waals surface area contributed by atoms with Crippen molar-refractivity contribution in [2.75, 3.05) is 6.54 Å². The fourth-order valence-corrected chi connectivity index (χ4v) is 1.05. The second kappa shape index (κ2) is 5.21. The Kier molecular flexibility index (Phi) is 3.91. The molecule has 0 bridgehead atoms. The smallest absolute Gasteiger partial charge is 0.255 e. The highest BCUT2D eigenvalue weighted by Gasteiger charge is 2.08. The van der Waals surface area contributed by atoms with Gasteiger partial charge in [-0.1, -0.05) is 13.3 Å². The Labute approximate surface area is 83.0 Å². The number of hydrogen-bond acceptors (Lipinski definition) is 3. The van der Waals surface area contributed by atoms with Crippen molar-refractivity contribution in [1.82, 2.24) is 10.3 Å². The number of aromatic nitrogens is 1. The van der Waals surface area contributed by atoms with E-state index in [4.69, 9.17) is 0 Å². The lowest BCUT2D eigenvalue weighted by atomic mass is 10.2. The van der Waals surface area contributed by atoms with Crippen LogP contribution in [0, 0.1) is 0 Å². The molecule has 0 aliphatic heterocycles. The first kappa shape index (κ1) is 10.5. The molecular weight excluding hydrogens is 180 g/mol. The lowest BCUT2D eigenvalue weighted by Gasteiger charge is -2.04. The van der Waals surface area contributed by atoms with Crippen LogP contribution in [-0.2, 0) is 0 Å². The first-order valence-electron chi connectivity index (χ1n) is 4.67. The third-order valence-corrected chi connectivity index (χ3v) is 1.86. The molecule has 0 fully saturated rings. The number of carbonyl (C=O) groups is 1. The Morgan fingerprint density at radius 2 is 2.43 bits per heavy atom. The molecule has 1 aromatic rings. The van der Waals surface area contributed by atoms with Crippen molar-refractivity contribution in [3.8, 4) is 5.75 Å². The summed E-state index contributed by atoms with van der Waals surface area (Å²) in [6.07, 6.45) is 4.71. The van der Waals surface area contributed by atoms with E-state index >= 15 is 0 Å². The van der Waals surface area contributed by atoms with Crippen LogP contribution >= 0.6 is 0 Å². The van der Waals surface area contributed by atoms with Crippen molar-refractivity contribution in [1.29, 1.82) is 0 Å². The largest absolute Gasteiger partial charge is 0.505 e. The monoisotopic (exact) mass is 194 g/mol. The standard InChI is InChI=1S/C10H14N2O2/c1-2-3-5-12-10(14)8-4-6-11-7-9(8)13/h4,6-7,13H,2-3,5H2,1H3,(H,12,14). The molecule has 0 radical (unpaired) electrons. The van der Waals surface area contributed by atoms with Gasteiger partial charge in [0.05, 0.1) is 11.8 Å². The van der Waals surface area contributed by atoms with Gasteiger partial charge >= 0.3 is 0 Å². The van der Waals surface area contributed by atoms with E-state index < -0.39 is 0 Å². The van der Waals surface area contributed by atoms with Gasteiger partial charge in [-0.25, -0.2) is 0 Å². The predicted octanol–water partition coefficient (Wildman–Crippen LogP) is 1.32. The number of carbonyl (C=O) groups excluding carboxylic acids is 1. The summed E-state index contributed by atoms with van der Waals surface area (Å²) in [6.45, 7) is 2.69. The lowest BCUT2D eigenvalue weighted by Crippen LogP contribution is -2.24. The zero-order valence-corrected chi connectivity index (χ0v) is 8.16. The minimum atomic E-state index is -0.252. The maximum atomic E-state index is 11.4. The zero-order valence-electron chi connectivity index (χ0n) is 8.16. The SMILES string of the molecule is CCCCNC(=O)c1ccncc1O. The van der Waals surface area contributed by atoms with Crippen molar-refractivity contribution < 1.29 is 9.90 Å². The maximum absolute atomic E-state index is 11.4. The number of pyridine rings is 1. The quantitative estimate of drug-likeness (QED) is 0.710. The summed E-state index contributed by atoms with van der Waals surface area (Å²) >= 11 is 0. The van der Waals surface area contributed by atoms with E-state index in [0.29, 0.717) is 6.54 Å². The van der Waals surface area contributed by atoms with Crippen LogP contribution in [0.3, 0.4) is 0 Å². The van der Waals surface area contributed by atoms with Crippen molar-refractivity contribution in [3.05, 3.63) is 24.0 Å². The molecule has 1 heterocycles. The Balaban J connectivity index is 2.56. The van der Waals surface area contributed by atoms with Gasteiger partial charge in [0.2, 0.25) is 0 Å². The van der Waals surface area contributed by atoms with E-state index in [1.807, 2.05) is 0 Å². The average molecular weight is 194 g/mol. The molecule has 0 unspecified atom stereocenters. The van der Waals surface area contributed by atoms with Crippen LogP contribution in [0.1, 0.15) is 30.1 Å². The Morgan fingerprint density at radius 1 is 1.64 bits per heavy atom. The number of aromatic hydroxyl groups is 1. The minimum Gasteiger partial charge on any atom is -0.505 e. The summed E-state index contributed by atoms with van der Waals surface area (Å²) in [5, 5.41) is 12.0. The summed E-state index contributed by atoms with van der Waals surface area (Å²) in [5.74, 6) is -0.333. The molecule has 4 nitrogen and oxygen atoms in total. The molecule has 0 saturated carbocycles. The number of nitrogens with zero attached hydrogens (tertiary/aromatic N) is 1.